The van der Waals surface area contributed by atoms with Gasteiger partial charge >= 0.3 is 0 Å². The predicted octanol–water partition coefficient (Wildman–Crippen LogP) is -0.0941. The van der Waals surface area contributed by atoms with Crippen LogP contribution in [0.3, 0.4) is 0 Å². The number of nitrogens with zero attached hydrogens (tertiary/aromatic N) is 1. The number of likely N-dealkylation sites (tertiary alicyclic amines) is 1. The van der Waals surface area contributed by atoms with E-state index < -0.39 is 12.2 Å². The first-order chi connectivity index (χ1) is 8.11. The third kappa shape index (κ3) is 2.40. The Balaban J connectivity index is 2.09. The normalized spacial score (nSPS) is 23.8. The van der Waals surface area contributed by atoms with E-state index in [1.165, 1.54) is 4.90 Å². The minimum absolute atomic E-state index is 0.164. The fraction of sp³-hybridized carbons (Fsp3) is 0.417. The second kappa shape index (κ2) is 4.73. The predicted molar refractivity (Wildman–Crippen MR) is 63.9 cm³/mol. The van der Waals surface area contributed by atoms with Crippen molar-refractivity contribution in [1.82, 2.24) is 4.90 Å². The van der Waals surface area contributed by atoms with Gasteiger partial charge in [0, 0.05) is 31.4 Å². The first kappa shape index (κ1) is 11.9. The molecule has 5 nitrogen and oxygen atoms in total. The number of carbonyl (C=O) groups excluding carboxylic acids is 1. The van der Waals surface area contributed by atoms with Crippen LogP contribution in [0.25, 0.3) is 0 Å². The Morgan fingerprint density at radius 3 is 2.24 bits per heavy atom. The van der Waals surface area contributed by atoms with Crippen molar-refractivity contribution in [3.05, 3.63) is 29.8 Å². The monoisotopic (exact) mass is 236 g/mol. The largest absolute Gasteiger partial charge is 0.388 e. The lowest BCUT2D eigenvalue weighted by molar-refractivity contribution is 0.0572. The van der Waals surface area contributed by atoms with Crippen LogP contribution in [0.1, 0.15) is 10.4 Å². The molecule has 1 fully saturated rings. The summed E-state index contributed by atoms with van der Waals surface area (Å²) in [6.45, 7) is 0.377. The van der Waals surface area contributed by atoms with Crippen molar-refractivity contribution in [3.8, 4) is 0 Å². The molecule has 3 N–H and O–H groups in total. The SMILES string of the molecule is CNc1ccc(C(=O)N2CC(O)C(O)C2)cc1. The summed E-state index contributed by atoms with van der Waals surface area (Å²) in [5, 5.41) is 21.8. The number of rotatable bonds is 2. The number of amides is 1. The van der Waals surface area contributed by atoms with Crippen molar-refractivity contribution in [2.24, 2.45) is 0 Å². The van der Waals surface area contributed by atoms with Gasteiger partial charge in [0.25, 0.3) is 5.91 Å². The van der Waals surface area contributed by atoms with Gasteiger partial charge in [0.15, 0.2) is 0 Å². The van der Waals surface area contributed by atoms with E-state index in [9.17, 15) is 15.0 Å². The molecule has 2 rings (SSSR count). The van der Waals surface area contributed by atoms with Gasteiger partial charge < -0.3 is 20.4 Å². The van der Waals surface area contributed by atoms with Gasteiger partial charge in [0.05, 0.1) is 12.2 Å². The third-order valence-corrected chi connectivity index (χ3v) is 2.97. The Morgan fingerprint density at radius 2 is 1.76 bits per heavy atom. The molecule has 1 aromatic rings. The molecule has 1 heterocycles. The van der Waals surface area contributed by atoms with Gasteiger partial charge in [-0.15, -0.1) is 0 Å². The molecule has 0 aromatic heterocycles. The number of hydrogen-bond acceptors (Lipinski definition) is 4. The van der Waals surface area contributed by atoms with Crippen LogP contribution in [0.4, 0.5) is 5.69 Å². The highest BCUT2D eigenvalue weighted by atomic mass is 16.3. The molecular weight excluding hydrogens is 220 g/mol. The second-order valence-corrected chi connectivity index (χ2v) is 4.17. The van der Waals surface area contributed by atoms with E-state index in [4.69, 9.17) is 0 Å². The van der Waals surface area contributed by atoms with Crippen molar-refractivity contribution < 1.29 is 15.0 Å². The molecule has 5 heteroatoms. The minimum Gasteiger partial charge on any atom is -0.388 e. The molecular formula is C12H16N2O3. The maximum atomic E-state index is 12.0. The zero-order valence-electron chi connectivity index (χ0n) is 9.63. The number of β-amino-alcohol motifs (C(OH)–C–C–N with tert-alkyl or cyclic N) is 2. The molecule has 0 bridgehead atoms. The quantitative estimate of drug-likeness (QED) is 0.671. The lowest BCUT2D eigenvalue weighted by atomic mass is 10.2. The van der Waals surface area contributed by atoms with Crippen LogP contribution >= 0.6 is 0 Å². The number of benzene rings is 1. The van der Waals surface area contributed by atoms with E-state index in [1.807, 2.05) is 19.2 Å². The Bertz CT molecular complexity index is 395. The molecule has 0 aliphatic carbocycles. The molecule has 1 aliphatic rings. The topological polar surface area (TPSA) is 72.8 Å². The summed E-state index contributed by atoms with van der Waals surface area (Å²) in [7, 11) is 1.81. The van der Waals surface area contributed by atoms with Crippen molar-refractivity contribution in [2.75, 3.05) is 25.5 Å². The zero-order valence-corrected chi connectivity index (χ0v) is 9.63. The molecule has 92 valence electrons. The van der Waals surface area contributed by atoms with Gasteiger partial charge in [0.2, 0.25) is 0 Å². The fourth-order valence-corrected chi connectivity index (χ4v) is 1.90. The highest BCUT2D eigenvalue weighted by Gasteiger charge is 2.32. The standard InChI is InChI=1S/C12H16N2O3/c1-13-9-4-2-8(3-5-9)12(17)14-6-10(15)11(16)7-14/h2-5,10-11,13,15-16H,6-7H2,1H3. The Labute approximate surface area is 99.7 Å². The van der Waals surface area contributed by atoms with Crippen LogP contribution in [0, 0.1) is 0 Å². The lowest BCUT2D eigenvalue weighted by Crippen LogP contribution is -2.29. The highest BCUT2D eigenvalue weighted by Crippen LogP contribution is 2.15. The molecule has 0 saturated carbocycles. The second-order valence-electron chi connectivity index (χ2n) is 4.17. The maximum Gasteiger partial charge on any atom is 0.254 e. The number of anilines is 1. The Morgan fingerprint density at radius 1 is 1.24 bits per heavy atom. The van der Waals surface area contributed by atoms with Crippen LogP contribution in [-0.2, 0) is 0 Å². The molecule has 0 radical (unpaired) electrons. The van der Waals surface area contributed by atoms with Crippen LogP contribution in [0.5, 0.6) is 0 Å². The molecule has 2 atom stereocenters. The zero-order chi connectivity index (χ0) is 12.4. The van der Waals surface area contributed by atoms with Gasteiger partial charge in [-0.3, -0.25) is 4.79 Å². The van der Waals surface area contributed by atoms with E-state index in [0.29, 0.717) is 5.56 Å². The van der Waals surface area contributed by atoms with E-state index in [1.54, 1.807) is 12.1 Å². The van der Waals surface area contributed by atoms with Gasteiger partial charge in [-0.2, -0.15) is 0 Å². The highest BCUT2D eigenvalue weighted by molar-refractivity contribution is 5.94. The van der Waals surface area contributed by atoms with E-state index >= 15 is 0 Å². The van der Waals surface area contributed by atoms with E-state index in [2.05, 4.69) is 5.32 Å². The van der Waals surface area contributed by atoms with Crippen molar-refractivity contribution in [3.63, 3.8) is 0 Å². The number of hydrogen-bond donors (Lipinski definition) is 3. The molecule has 1 amide bonds. The van der Waals surface area contributed by atoms with Crippen molar-refractivity contribution in [2.45, 2.75) is 12.2 Å². The van der Waals surface area contributed by atoms with Crippen LogP contribution in [-0.4, -0.2) is 53.4 Å². The first-order valence-electron chi connectivity index (χ1n) is 5.55. The number of nitrogens with one attached hydrogen (secondary N) is 1. The van der Waals surface area contributed by atoms with Gasteiger partial charge in [0.1, 0.15) is 0 Å². The van der Waals surface area contributed by atoms with Gasteiger partial charge in [-0.05, 0) is 24.3 Å². The fourth-order valence-electron chi connectivity index (χ4n) is 1.90. The van der Waals surface area contributed by atoms with Gasteiger partial charge in [-0.25, -0.2) is 0 Å². The number of carbonyl (C=O) groups is 1. The summed E-state index contributed by atoms with van der Waals surface area (Å²) >= 11 is 0. The van der Waals surface area contributed by atoms with Crippen LogP contribution in [0.2, 0.25) is 0 Å². The molecule has 1 aromatic carbocycles. The average Bonchev–Trinajstić information content (AvgIpc) is 2.69. The minimum atomic E-state index is -0.837. The summed E-state index contributed by atoms with van der Waals surface area (Å²) in [4.78, 5) is 13.5. The lowest BCUT2D eigenvalue weighted by Gasteiger charge is -2.15. The van der Waals surface area contributed by atoms with Gasteiger partial charge in [-0.1, -0.05) is 0 Å². The van der Waals surface area contributed by atoms with Crippen molar-refractivity contribution in [1.29, 1.82) is 0 Å². The maximum absolute atomic E-state index is 12.0. The summed E-state index contributed by atoms with van der Waals surface area (Å²) in [5.74, 6) is -0.164. The molecule has 2 unspecified atom stereocenters. The molecule has 1 aliphatic heterocycles. The molecule has 17 heavy (non-hydrogen) atoms. The first-order valence-corrected chi connectivity index (χ1v) is 5.55. The molecule has 0 spiro atoms. The summed E-state index contributed by atoms with van der Waals surface area (Å²) in [5.41, 5.74) is 1.49. The Kier molecular flexibility index (Phi) is 3.31. The number of aliphatic hydroxyl groups is 2. The average molecular weight is 236 g/mol. The Hall–Kier alpha value is -1.59. The van der Waals surface area contributed by atoms with Crippen LogP contribution in [0.15, 0.2) is 24.3 Å². The smallest absolute Gasteiger partial charge is 0.254 e. The van der Waals surface area contributed by atoms with E-state index in [-0.39, 0.29) is 19.0 Å². The van der Waals surface area contributed by atoms with Crippen LogP contribution < -0.4 is 5.32 Å². The summed E-state index contributed by atoms with van der Waals surface area (Å²) < 4.78 is 0. The third-order valence-electron chi connectivity index (χ3n) is 2.97. The molecule has 1 saturated heterocycles. The number of aliphatic hydroxyl groups excluding tert-OH is 2. The summed E-state index contributed by atoms with van der Waals surface area (Å²) in [6, 6.07) is 7.09. The summed E-state index contributed by atoms with van der Waals surface area (Å²) in [6.07, 6.45) is -1.67. The van der Waals surface area contributed by atoms with E-state index in [0.717, 1.165) is 5.69 Å². The van der Waals surface area contributed by atoms with Crippen molar-refractivity contribution >= 4 is 11.6 Å².